The van der Waals surface area contributed by atoms with E-state index in [1.165, 1.54) is 0 Å². The summed E-state index contributed by atoms with van der Waals surface area (Å²) in [6, 6.07) is 11.7. The first-order chi connectivity index (χ1) is 28.2. The highest BCUT2D eigenvalue weighted by atomic mass is 16.2. The molecule has 0 spiro atoms. The van der Waals surface area contributed by atoms with Gasteiger partial charge in [0.1, 0.15) is 23.2 Å². The van der Waals surface area contributed by atoms with Crippen LogP contribution in [0, 0.1) is 0 Å². The molecule has 4 fully saturated rings. The van der Waals surface area contributed by atoms with Gasteiger partial charge < -0.3 is 29.5 Å². The summed E-state index contributed by atoms with van der Waals surface area (Å²) in [5, 5.41) is 6.53. The van der Waals surface area contributed by atoms with Crippen molar-refractivity contribution in [2.45, 2.75) is 57.2 Å². The zero-order valence-corrected chi connectivity index (χ0v) is 33.4. The number of hydrogen-bond donors (Lipinski definition) is 2. The van der Waals surface area contributed by atoms with Gasteiger partial charge in [-0.2, -0.15) is 4.98 Å². The zero-order valence-electron chi connectivity index (χ0n) is 33.4. The maximum Gasteiger partial charge on any atom is 0.270 e. The molecule has 4 aromatic rings. The highest BCUT2D eigenvalue weighted by Gasteiger charge is 2.39. The second kappa shape index (κ2) is 16.0. The van der Waals surface area contributed by atoms with Crippen LogP contribution in [-0.4, -0.2) is 148 Å². The fourth-order valence-electron chi connectivity index (χ4n) is 9.26. The Kier molecular flexibility index (Phi) is 10.4. The largest absolute Gasteiger partial charge is 0.369 e. The number of nitrogens with zero attached hydrogens (tertiary/aromatic N) is 10. The molecule has 1 aliphatic carbocycles. The molecule has 1 aromatic carbocycles. The Hall–Kier alpha value is -5.61. The van der Waals surface area contributed by atoms with Crippen molar-refractivity contribution in [2.24, 2.45) is 0 Å². The van der Waals surface area contributed by atoms with Crippen molar-refractivity contribution in [1.82, 2.24) is 44.4 Å². The Labute approximate surface area is 338 Å². The summed E-state index contributed by atoms with van der Waals surface area (Å²) in [5.74, 6) is 0.325. The Morgan fingerprint density at radius 2 is 1.52 bits per heavy atom. The number of benzene rings is 1. The van der Waals surface area contributed by atoms with E-state index in [4.69, 9.17) is 9.97 Å². The summed E-state index contributed by atoms with van der Waals surface area (Å²) in [6.07, 6.45) is 8.73. The first-order valence-electron chi connectivity index (χ1n) is 20.7. The molecular formula is C42H52N12O4. The van der Waals surface area contributed by atoms with Crippen LogP contribution >= 0.6 is 0 Å². The molecule has 5 aliphatic rings. The molecular weight excluding hydrogens is 737 g/mol. The number of carbonyl (C=O) groups excluding carboxylic acids is 4. The summed E-state index contributed by atoms with van der Waals surface area (Å²) in [7, 11) is 3.57. The fraction of sp³-hybridized carbons (Fsp3) is 0.500. The van der Waals surface area contributed by atoms with Gasteiger partial charge in [-0.15, -0.1) is 0 Å². The molecule has 7 heterocycles. The fourth-order valence-corrected chi connectivity index (χ4v) is 9.26. The van der Waals surface area contributed by atoms with Crippen LogP contribution in [0.3, 0.4) is 0 Å². The van der Waals surface area contributed by atoms with Crippen molar-refractivity contribution in [3.8, 4) is 0 Å². The summed E-state index contributed by atoms with van der Waals surface area (Å²) < 4.78 is 2.12. The van der Waals surface area contributed by atoms with Crippen molar-refractivity contribution < 1.29 is 19.2 Å². The molecule has 2 N–H and O–H groups in total. The summed E-state index contributed by atoms with van der Waals surface area (Å²) in [5.41, 5.74) is 5.25. The van der Waals surface area contributed by atoms with Crippen LogP contribution in [0.15, 0.2) is 48.8 Å². The van der Waals surface area contributed by atoms with Crippen molar-refractivity contribution in [1.29, 1.82) is 0 Å². The van der Waals surface area contributed by atoms with Gasteiger partial charge in [0.2, 0.25) is 17.8 Å². The maximum atomic E-state index is 13.1. The molecule has 3 aromatic heterocycles. The minimum Gasteiger partial charge on any atom is -0.369 e. The Balaban J connectivity index is 0.734. The average molecular weight is 789 g/mol. The summed E-state index contributed by atoms with van der Waals surface area (Å²) in [6.45, 7) is 10.1. The second-order valence-electron chi connectivity index (χ2n) is 16.4. The predicted octanol–water partition coefficient (Wildman–Crippen LogP) is 3.09. The van der Waals surface area contributed by atoms with Crippen LogP contribution < -0.4 is 20.4 Å². The Morgan fingerprint density at radius 1 is 0.828 bits per heavy atom. The van der Waals surface area contributed by atoms with Gasteiger partial charge in [0, 0.05) is 121 Å². The first kappa shape index (κ1) is 37.9. The molecule has 304 valence electrons. The quantitative estimate of drug-likeness (QED) is 0.227. The summed E-state index contributed by atoms with van der Waals surface area (Å²) in [4.78, 5) is 77.5. The van der Waals surface area contributed by atoms with E-state index < -0.39 is 6.04 Å². The SMILES string of the molecule is CN(C)C(=O)c1cc2cnc(Nc3ccc(N4CCN(CCN5CCN(c6ccc7c(c6)CN(C6CCC(=O)NC6=O)C7=O)CC5)CC4)cn3)nc2n1C1CCCC1. The molecule has 1 unspecified atom stereocenters. The topological polar surface area (TPSA) is 155 Å². The number of imide groups is 1. The third-order valence-electron chi connectivity index (χ3n) is 12.6. The number of rotatable bonds is 10. The van der Waals surface area contributed by atoms with E-state index in [2.05, 4.69) is 51.9 Å². The third kappa shape index (κ3) is 7.57. The highest BCUT2D eigenvalue weighted by Crippen LogP contribution is 2.35. The lowest BCUT2D eigenvalue weighted by atomic mass is 10.0. The molecule has 0 bridgehead atoms. The van der Waals surface area contributed by atoms with Crippen LogP contribution in [0.4, 0.5) is 23.1 Å². The van der Waals surface area contributed by atoms with Crippen LogP contribution in [0.2, 0.25) is 0 Å². The first-order valence-corrected chi connectivity index (χ1v) is 20.7. The number of anilines is 4. The van der Waals surface area contributed by atoms with E-state index in [1.807, 2.05) is 30.5 Å². The van der Waals surface area contributed by atoms with E-state index in [9.17, 15) is 19.2 Å². The number of aromatic nitrogens is 4. The maximum absolute atomic E-state index is 13.1. The molecule has 3 saturated heterocycles. The number of nitrogens with one attached hydrogen (secondary N) is 2. The number of hydrogen-bond acceptors (Lipinski definition) is 12. The van der Waals surface area contributed by atoms with E-state index in [1.54, 1.807) is 30.1 Å². The van der Waals surface area contributed by atoms with Gasteiger partial charge in [-0.05, 0) is 61.2 Å². The predicted molar refractivity (Wildman–Crippen MR) is 220 cm³/mol. The number of carbonyl (C=O) groups is 4. The molecule has 4 amide bonds. The molecule has 4 aliphatic heterocycles. The van der Waals surface area contributed by atoms with Crippen molar-refractivity contribution >= 4 is 57.8 Å². The molecule has 1 atom stereocenters. The van der Waals surface area contributed by atoms with Crippen LogP contribution in [0.1, 0.15) is 71.0 Å². The normalized spacial score (nSPS) is 20.9. The molecule has 1 saturated carbocycles. The zero-order chi connectivity index (χ0) is 39.9. The Bertz CT molecular complexity index is 2200. The molecule has 58 heavy (non-hydrogen) atoms. The number of amides is 4. The van der Waals surface area contributed by atoms with Crippen LogP contribution in [0.5, 0.6) is 0 Å². The number of piperidine rings is 1. The van der Waals surface area contributed by atoms with Crippen molar-refractivity contribution in [3.05, 3.63) is 65.6 Å². The van der Waals surface area contributed by atoms with Gasteiger partial charge in [-0.1, -0.05) is 12.8 Å². The van der Waals surface area contributed by atoms with Crippen molar-refractivity contribution in [2.75, 3.05) is 94.7 Å². The van der Waals surface area contributed by atoms with Crippen LogP contribution in [0.25, 0.3) is 11.0 Å². The monoisotopic (exact) mass is 788 g/mol. The lowest BCUT2D eigenvalue weighted by molar-refractivity contribution is -0.136. The molecule has 16 nitrogen and oxygen atoms in total. The average Bonchev–Trinajstić information content (AvgIpc) is 3.98. The van der Waals surface area contributed by atoms with E-state index in [0.717, 1.165) is 119 Å². The number of pyridine rings is 1. The van der Waals surface area contributed by atoms with Gasteiger partial charge in [-0.25, -0.2) is 9.97 Å². The third-order valence-corrected chi connectivity index (χ3v) is 12.6. The lowest BCUT2D eigenvalue weighted by Gasteiger charge is -2.39. The van der Waals surface area contributed by atoms with Gasteiger partial charge in [-0.3, -0.25) is 34.3 Å². The Morgan fingerprint density at radius 3 is 2.17 bits per heavy atom. The van der Waals surface area contributed by atoms with Gasteiger partial charge in [0.05, 0.1) is 11.9 Å². The van der Waals surface area contributed by atoms with Crippen LogP contribution in [-0.2, 0) is 16.1 Å². The number of piperazine rings is 2. The molecule has 9 rings (SSSR count). The highest BCUT2D eigenvalue weighted by molar-refractivity contribution is 6.05. The van der Waals surface area contributed by atoms with Gasteiger partial charge in [0.15, 0.2) is 0 Å². The van der Waals surface area contributed by atoms with E-state index >= 15 is 0 Å². The standard InChI is InChI=1S/C42H52N12O4/c1-48(2)41(58)35-24-28-25-44-42(47-38(28)54(35)30-5-3-4-6-30)45-36-11-8-32(26-43-36)52-21-17-50(18-22-52)14-13-49-15-19-51(20-16-49)31-7-9-33-29(23-31)27-53(40(33)57)34-10-12-37(55)46-39(34)56/h7-9,11,23-26,30,34H,3-6,10,12-22,27H2,1-2H3,(H,46,55,56)(H,43,44,45,47). The van der Waals surface area contributed by atoms with Gasteiger partial charge >= 0.3 is 0 Å². The van der Waals surface area contributed by atoms with Crippen molar-refractivity contribution in [3.63, 3.8) is 0 Å². The number of fused-ring (bicyclic) bond motifs is 2. The lowest BCUT2D eigenvalue weighted by Crippen LogP contribution is -2.52. The summed E-state index contributed by atoms with van der Waals surface area (Å²) >= 11 is 0. The smallest absolute Gasteiger partial charge is 0.270 e. The second-order valence-corrected chi connectivity index (χ2v) is 16.4. The minimum absolute atomic E-state index is 0.0230. The molecule has 16 heteroatoms. The van der Waals surface area contributed by atoms with E-state index in [-0.39, 0.29) is 36.1 Å². The van der Waals surface area contributed by atoms with E-state index in [0.29, 0.717) is 36.0 Å². The minimum atomic E-state index is -0.596. The molecule has 0 radical (unpaired) electrons. The van der Waals surface area contributed by atoms with Gasteiger partial charge in [0.25, 0.3) is 11.8 Å².